The van der Waals surface area contributed by atoms with Crippen molar-refractivity contribution in [2.24, 2.45) is 0 Å². The van der Waals surface area contributed by atoms with E-state index in [1.54, 1.807) is 0 Å². The Morgan fingerprint density at radius 3 is 2.42 bits per heavy atom. The zero-order valence-corrected chi connectivity index (χ0v) is 20.2. The Labute approximate surface area is 195 Å². The highest BCUT2D eigenvalue weighted by Gasteiger charge is 2.24. The standard InChI is InChI=1S/C24H30ClN5S/c1-24(2,3)22-26-20-14-18(25)19(27-23(31)29-12-10-28(4)11-13-29)15-21(20)30(22)16-17-8-6-5-7-9-17/h5-9,14-15H,10-13,16H2,1-4H3,(H,27,31). The van der Waals surface area contributed by atoms with Crippen LogP contribution in [0.1, 0.15) is 32.2 Å². The molecule has 31 heavy (non-hydrogen) atoms. The number of nitrogens with zero attached hydrogens (tertiary/aromatic N) is 4. The molecule has 3 aromatic rings. The Morgan fingerprint density at radius 2 is 1.77 bits per heavy atom. The van der Waals surface area contributed by atoms with Crippen LogP contribution in [0.3, 0.4) is 0 Å². The van der Waals surface area contributed by atoms with Gasteiger partial charge in [-0.3, -0.25) is 0 Å². The van der Waals surface area contributed by atoms with Crippen LogP contribution in [-0.2, 0) is 12.0 Å². The van der Waals surface area contributed by atoms with E-state index >= 15 is 0 Å². The Hall–Kier alpha value is -2.15. The molecule has 2 heterocycles. The molecule has 0 saturated carbocycles. The lowest BCUT2D eigenvalue weighted by molar-refractivity contribution is 0.217. The topological polar surface area (TPSA) is 36.3 Å². The zero-order chi connectivity index (χ0) is 22.2. The van der Waals surface area contributed by atoms with Gasteiger partial charge in [0.05, 0.1) is 21.7 Å². The summed E-state index contributed by atoms with van der Waals surface area (Å²) < 4.78 is 2.30. The highest BCUT2D eigenvalue weighted by atomic mass is 35.5. The number of halogens is 1. The lowest BCUT2D eigenvalue weighted by Gasteiger charge is -2.34. The average molecular weight is 456 g/mol. The lowest BCUT2D eigenvalue weighted by Crippen LogP contribution is -2.48. The summed E-state index contributed by atoms with van der Waals surface area (Å²) >= 11 is 12.3. The first-order chi connectivity index (χ1) is 14.7. The van der Waals surface area contributed by atoms with Gasteiger partial charge in [-0.15, -0.1) is 0 Å². The molecule has 0 unspecified atom stereocenters. The van der Waals surface area contributed by atoms with Crippen LogP contribution in [0.2, 0.25) is 5.02 Å². The Balaban J connectivity index is 1.70. The predicted octanol–water partition coefficient (Wildman–Crippen LogP) is 4.98. The number of imidazole rings is 1. The molecule has 0 bridgehead atoms. The number of likely N-dealkylation sites (N-methyl/N-ethyl adjacent to an activating group) is 1. The fourth-order valence-corrected chi connectivity index (χ4v) is 4.44. The van der Waals surface area contributed by atoms with E-state index in [1.807, 2.05) is 12.1 Å². The second-order valence-corrected chi connectivity index (χ2v) is 10.1. The molecule has 5 nitrogen and oxygen atoms in total. The Morgan fingerprint density at radius 1 is 1.10 bits per heavy atom. The maximum Gasteiger partial charge on any atom is 0.173 e. The summed E-state index contributed by atoms with van der Waals surface area (Å²) in [7, 11) is 2.14. The maximum atomic E-state index is 6.65. The average Bonchev–Trinajstić information content (AvgIpc) is 3.07. The maximum absolute atomic E-state index is 6.65. The number of anilines is 1. The molecule has 1 saturated heterocycles. The first-order valence-corrected chi connectivity index (χ1v) is 11.5. The number of piperazine rings is 1. The third-order valence-electron chi connectivity index (χ3n) is 5.72. The first-order valence-electron chi connectivity index (χ1n) is 10.7. The minimum Gasteiger partial charge on any atom is -0.346 e. The molecule has 0 amide bonds. The van der Waals surface area contributed by atoms with E-state index in [0.29, 0.717) is 5.02 Å². The molecule has 0 aliphatic carbocycles. The largest absolute Gasteiger partial charge is 0.346 e. The van der Waals surface area contributed by atoms with Crippen LogP contribution >= 0.6 is 23.8 Å². The number of nitrogens with one attached hydrogen (secondary N) is 1. The normalized spacial score (nSPS) is 15.5. The van der Waals surface area contributed by atoms with Gasteiger partial charge < -0.3 is 19.7 Å². The fourth-order valence-electron chi connectivity index (χ4n) is 3.94. The van der Waals surface area contributed by atoms with Gasteiger partial charge in [0.1, 0.15) is 5.82 Å². The van der Waals surface area contributed by atoms with Gasteiger partial charge in [-0.05, 0) is 37.0 Å². The van der Waals surface area contributed by atoms with E-state index in [2.05, 4.69) is 77.8 Å². The summed E-state index contributed by atoms with van der Waals surface area (Å²) in [6.07, 6.45) is 0. The molecule has 164 valence electrons. The third-order valence-corrected chi connectivity index (χ3v) is 6.40. The van der Waals surface area contributed by atoms with Gasteiger partial charge in [0.25, 0.3) is 0 Å². The minimum absolute atomic E-state index is 0.0942. The SMILES string of the molecule is CN1CCN(C(=S)Nc2cc3c(cc2Cl)nc(C(C)(C)C)n3Cc2ccccc2)CC1. The molecule has 1 fully saturated rings. The predicted molar refractivity (Wildman–Crippen MR) is 134 cm³/mol. The van der Waals surface area contributed by atoms with E-state index in [9.17, 15) is 0 Å². The molecular weight excluding hydrogens is 426 g/mol. The fraction of sp³-hybridized carbons (Fsp3) is 0.417. The van der Waals surface area contributed by atoms with Gasteiger partial charge in [0.2, 0.25) is 0 Å². The summed E-state index contributed by atoms with van der Waals surface area (Å²) in [5.74, 6) is 1.04. The van der Waals surface area contributed by atoms with Crippen LogP contribution in [0.25, 0.3) is 11.0 Å². The van der Waals surface area contributed by atoms with Crippen molar-refractivity contribution in [1.82, 2.24) is 19.4 Å². The first kappa shape index (κ1) is 22.1. The number of hydrogen-bond donors (Lipinski definition) is 1. The van der Waals surface area contributed by atoms with Crippen molar-refractivity contribution in [3.05, 3.63) is 58.9 Å². The van der Waals surface area contributed by atoms with Crippen molar-refractivity contribution in [2.75, 3.05) is 38.5 Å². The summed E-state index contributed by atoms with van der Waals surface area (Å²) in [6.45, 7) is 11.2. The number of hydrogen-bond acceptors (Lipinski definition) is 3. The van der Waals surface area contributed by atoms with E-state index in [0.717, 1.165) is 60.4 Å². The monoisotopic (exact) mass is 455 g/mol. The van der Waals surface area contributed by atoms with Crippen LogP contribution in [-0.4, -0.2) is 57.7 Å². The second kappa shape index (κ2) is 8.77. The lowest BCUT2D eigenvalue weighted by atomic mass is 9.95. The number of rotatable bonds is 3. The molecule has 2 aromatic carbocycles. The van der Waals surface area contributed by atoms with Crippen molar-refractivity contribution in [2.45, 2.75) is 32.7 Å². The van der Waals surface area contributed by atoms with E-state index in [4.69, 9.17) is 28.8 Å². The molecule has 7 heteroatoms. The molecule has 0 spiro atoms. The van der Waals surface area contributed by atoms with Gasteiger partial charge in [-0.1, -0.05) is 62.7 Å². The minimum atomic E-state index is -0.0942. The molecule has 1 aliphatic heterocycles. The van der Waals surface area contributed by atoms with Crippen LogP contribution in [0.5, 0.6) is 0 Å². The summed E-state index contributed by atoms with van der Waals surface area (Å²) in [5.41, 5.74) is 3.93. The number of benzene rings is 2. The van der Waals surface area contributed by atoms with Crippen molar-refractivity contribution >= 4 is 45.7 Å². The summed E-state index contributed by atoms with van der Waals surface area (Å²) in [5, 5.41) is 4.75. The van der Waals surface area contributed by atoms with Crippen LogP contribution < -0.4 is 5.32 Å². The highest BCUT2D eigenvalue weighted by molar-refractivity contribution is 7.80. The van der Waals surface area contributed by atoms with E-state index in [-0.39, 0.29) is 5.41 Å². The molecule has 4 rings (SSSR count). The smallest absolute Gasteiger partial charge is 0.173 e. The van der Waals surface area contributed by atoms with Gasteiger partial charge in [0, 0.05) is 38.1 Å². The van der Waals surface area contributed by atoms with Gasteiger partial charge in [-0.2, -0.15) is 0 Å². The van der Waals surface area contributed by atoms with Crippen molar-refractivity contribution in [3.8, 4) is 0 Å². The van der Waals surface area contributed by atoms with Gasteiger partial charge in [-0.25, -0.2) is 4.98 Å². The molecular formula is C24H30ClN5S. The number of thiocarbonyl (C=S) groups is 1. The third kappa shape index (κ3) is 4.86. The van der Waals surface area contributed by atoms with Crippen molar-refractivity contribution in [3.63, 3.8) is 0 Å². The molecule has 1 N–H and O–H groups in total. The summed E-state index contributed by atoms with van der Waals surface area (Å²) in [6, 6.07) is 14.5. The highest BCUT2D eigenvalue weighted by Crippen LogP contribution is 2.33. The molecule has 1 aliphatic rings. The van der Waals surface area contributed by atoms with Gasteiger partial charge >= 0.3 is 0 Å². The second-order valence-electron chi connectivity index (χ2n) is 9.30. The Bertz CT molecular complexity index is 1080. The van der Waals surface area contributed by atoms with Crippen molar-refractivity contribution < 1.29 is 0 Å². The molecule has 0 atom stereocenters. The quantitative estimate of drug-likeness (QED) is 0.563. The van der Waals surface area contributed by atoms with Crippen LogP contribution in [0.4, 0.5) is 5.69 Å². The number of fused-ring (bicyclic) bond motifs is 1. The molecule has 0 radical (unpaired) electrons. The van der Waals surface area contributed by atoms with Crippen LogP contribution in [0.15, 0.2) is 42.5 Å². The zero-order valence-electron chi connectivity index (χ0n) is 18.7. The number of aromatic nitrogens is 2. The Kier molecular flexibility index (Phi) is 6.24. The van der Waals surface area contributed by atoms with E-state index < -0.39 is 0 Å². The van der Waals surface area contributed by atoms with E-state index in [1.165, 1.54) is 5.56 Å². The van der Waals surface area contributed by atoms with Crippen LogP contribution in [0, 0.1) is 0 Å². The van der Waals surface area contributed by atoms with Crippen molar-refractivity contribution in [1.29, 1.82) is 0 Å². The molecule has 1 aromatic heterocycles. The summed E-state index contributed by atoms with van der Waals surface area (Å²) in [4.78, 5) is 9.48. The van der Waals surface area contributed by atoms with Gasteiger partial charge in [0.15, 0.2) is 5.11 Å².